The Labute approximate surface area is 59.4 Å². The standard InChI is InChI=1S/C7H11Br/c1-4-5-6(2)7(3)8/h4-5,7H,2H2,1,3H3. The van der Waals surface area contributed by atoms with Gasteiger partial charge in [0.05, 0.1) is 0 Å². The molecular weight excluding hydrogens is 164 g/mol. The largest absolute Gasteiger partial charge is 0.0947 e. The van der Waals surface area contributed by atoms with Gasteiger partial charge in [0.2, 0.25) is 0 Å². The van der Waals surface area contributed by atoms with E-state index in [9.17, 15) is 0 Å². The van der Waals surface area contributed by atoms with Crippen LogP contribution in [0.15, 0.2) is 24.3 Å². The Bertz CT molecular complexity index is 101. The summed E-state index contributed by atoms with van der Waals surface area (Å²) in [6, 6.07) is 0. The Hall–Kier alpha value is -0.0400. The summed E-state index contributed by atoms with van der Waals surface area (Å²) in [5, 5.41) is 0. The van der Waals surface area contributed by atoms with Gasteiger partial charge in [-0.15, -0.1) is 0 Å². The normalized spacial score (nSPS) is 14.4. The van der Waals surface area contributed by atoms with Crippen LogP contribution in [0.3, 0.4) is 0 Å². The summed E-state index contributed by atoms with van der Waals surface area (Å²) < 4.78 is 0. The van der Waals surface area contributed by atoms with E-state index in [0.29, 0.717) is 4.83 Å². The van der Waals surface area contributed by atoms with Crippen molar-refractivity contribution in [3.63, 3.8) is 0 Å². The van der Waals surface area contributed by atoms with Gasteiger partial charge in [-0.05, 0) is 19.4 Å². The van der Waals surface area contributed by atoms with Gasteiger partial charge < -0.3 is 0 Å². The lowest BCUT2D eigenvalue weighted by atomic mass is 10.2. The summed E-state index contributed by atoms with van der Waals surface area (Å²) in [6.07, 6.45) is 3.99. The van der Waals surface area contributed by atoms with Crippen LogP contribution in [-0.2, 0) is 0 Å². The van der Waals surface area contributed by atoms with Crippen molar-refractivity contribution in [1.29, 1.82) is 0 Å². The second kappa shape index (κ2) is 3.90. The van der Waals surface area contributed by atoms with Crippen LogP contribution in [0.5, 0.6) is 0 Å². The lowest BCUT2D eigenvalue weighted by molar-refractivity contribution is 1.20. The zero-order valence-corrected chi connectivity index (χ0v) is 6.90. The molecule has 46 valence electrons. The van der Waals surface area contributed by atoms with E-state index in [1.54, 1.807) is 0 Å². The molecule has 0 N–H and O–H groups in total. The van der Waals surface area contributed by atoms with Crippen molar-refractivity contribution in [1.82, 2.24) is 0 Å². The van der Waals surface area contributed by atoms with Crippen LogP contribution in [0, 0.1) is 0 Å². The smallest absolute Gasteiger partial charge is 0.0361 e. The van der Waals surface area contributed by atoms with Crippen LogP contribution >= 0.6 is 15.9 Å². The first-order valence-corrected chi connectivity index (χ1v) is 3.55. The maximum Gasteiger partial charge on any atom is 0.0361 e. The fourth-order valence-electron chi connectivity index (χ4n) is 0.347. The molecule has 0 radical (unpaired) electrons. The molecule has 1 unspecified atom stereocenters. The fraction of sp³-hybridized carbons (Fsp3) is 0.429. The van der Waals surface area contributed by atoms with Crippen LogP contribution in [0.25, 0.3) is 0 Å². The molecule has 0 nitrogen and oxygen atoms in total. The molecule has 0 fully saturated rings. The molecule has 0 saturated carbocycles. The number of rotatable bonds is 2. The first-order chi connectivity index (χ1) is 3.68. The molecule has 0 aliphatic carbocycles. The minimum Gasteiger partial charge on any atom is -0.0947 e. The van der Waals surface area contributed by atoms with Gasteiger partial charge in [-0.3, -0.25) is 0 Å². The molecule has 0 rings (SSSR count). The summed E-state index contributed by atoms with van der Waals surface area (Å²) in [6.45, 7) is 7.85. The third kappa shape index (κ3) is 3.03. The molecule has 0 saturated heterocycles. The van der Waals surface area contributed by atoms with Gasteiger partial charge >= 0.3 is 0 Å². The molecule has 0 aromatic heterocycles. The third-order valence-electron chi connectivity index (χ3n) is 0.892. The van der Waals surface area contributed by atoms with Gasteiger partial charge in [0.15, 0.2) is 0 Å². The number of allylic oxidation sites excluding steroid dienone is 3. The molecular formula is C7H11Br. The third-order valence-corrected chi connectivity index (χ3v) is 1.48. The minimum atomic E-state index is 0.402. The number of hydrogen-bond acceptors (Lipinski definition) is 0. The highest BCUT2D eigenvalue weighted by Gasteiger charge is 1.93. The lowest BCUT2D eigenvalue weighted by Gasteiger charge is -1.98. The Balaban J connectivity index is 3.66. The second-order valence-corrected chi connectivity index (χ2v) is 3.06. The van der Waals surface area contributed by atoms with Crippen LogP contribution in [-0.4, -0.2) is 4.83 Å². The average Bonchev–Trinajstić information content (AvgIpc) is 1.67. The quantitative estimate of drug-likeness (QED) is 0.447. The van der Waals surface area contributed by atoms with Crippen LogP contribution < -0.4 is 0 Å². The average molecular weight is 175 g/mol. The molecule has 0 heterocycles. The van der Waals surface area contributed by atoms with E-state index in [1.165, 1.54) is 0 Å². The molecule has 0 aliphatic rings. The summed E-state index contributed by atoms with van der Waals surface area (Å²) in [5.74, 6) is 0. The van der Waals surface area contributed by atoms with E-state index >= 15 is 0 Å². The first-order valence-electron chi connectivity index (χ1n) is 2.64. The predicted octanol–water partition coefficient (Wildman–Crippen LogP) is 2.90. The summed E-state index contributed by atoms with van der Waals surface area (Å²) in [4.78, 5) is 0.402. The van der Waals surface area contributed by atoms with Crippen molar-refractivity contribution >= 4 is 15.9 Å². The van der Waals surface area contributed by atoms with Crippen molar-refractivity contribution in [2.75, 3.05) is 0 Å². The minimum absolute atomic E-state index is 0.402. The number of alkyl halides is 1. The van der Waals surface area contributed by atoms with Crippen LogP contribution in [0.1, 0.15) is 13.8 Å². The van der Waals surface area contributed by atoms with E-state index in [2.05, 4.69) is 29.4 Å². The van der Waals surface area contributed by atoms with Crippen LogP contribution in [0.2, 0.25) is 0 Å². The maximum absolute atomic E-state index is 3.81. The summed E-state index contributed by atoms with van der Waals surface area (Å²) >= 11 is 3.39. The van der Waals surface area contributed by atoms with E-state index in [4.69, 9.17) is 0 Å². The number of hydrogen-bond donors (Lipinski definition) is 0. The first kappa shape index (κ1) is 7.96. The molecule has 0 bridgehead atoms. The molecule has 0 amide bonds. The molecule has 8 heavy (non-hydrogen) atoms. The zero-order valence-electron chi connectivity index (χ0n) is 5.32. The summed E-state index contributed by atoms with van der Waals surface area (Å²) in [7, 11) is 0. The van der Waals surface area contributed by atoms with Gasteiger partial charge in [-0.2, -0.15) is 0 Å². The fourth-order valence-corrected chi connectivity index (χ4v) is 0.499. The number of halogens is 1. The highest BCUT2D eigenvalue weighted by Crippen LogP contribution is 2.09. The SMILES string of the molecule is C=C(C=CC)C(C)Br. The molecule has 1 atom stereocenters. The van der Waals surface area contributed by atoms with Gasteiger partial charge in [0.1, 0.15) is 0 Å². The maximum atomic E-state index is 3.81. The van der Waals surface area contributed by atoms with E-state index in [-0.39, 0.29) is 0 Å². The van der Waals surface area contributed by atoms with Crippen molar-refractivity contribution in [2.45, 2.75) is 18.7 Å². The summed E-state index contributed by atoms with van der Waals surface area (Å²) in [5.41, 5.74) is 1.12. The Morgan fingerprint density at radius 1 is 1.75 bits per heavy atom. The Morgan fingerprint density at radius 3 is 2.38 bits per heavy atom. The van der Waals surface area contributed by atoms with E-state index in [1.807, 2.05) is 19.1 Å². The van der Waals surface area contributed by atoms with Crippen molar-refractivity contribution in [3.05, 3.63) is 24.3 Å². The van der Waals surface area contributed by atoms with E-state index in [0.717, 1.165) is 5.57 Å². The van der Waals surface area contributed by atoms with Crippen molar-refractivity contribution in [3.8, 4) is 0 Å². The predicted molar refractivity (Wildman–Crippen MR) is 42.3 cm³/mol. The molecule has 0 spiro atoms. The molecule has 0 aromatic carbocycles. The molecule has 0 aromatic rings. The van der Waals surface area contributed by atoms with E-state index < -0.39 is 0 Å². The lowest BCUT2D eigenvalue weighted by Crippen LogP contribution is -1.89. The molecule has 1 heteroatoms. The molecule has 0 aliphatic heterocycles. The Morgan fingerprint density at radius 2 is 2.25 bits per heavy atom. The highest BCUT2D eigenvalue weighted by molar-refractivity contribution is 9.09. The second-order valence-electron chi connectivity index (χ2n) is 1.69. The monoisotopic (exact) mass is 174 g/mol. The van der Waals surface area contributed by atoms with Gasteiger partial charge in [0, 0.05) is 4.83 Å². The van der Waals surface area contributed by atoms with Gasteiger partial charge in [0.25, 0.3) is 0 Å². The van der Waals surface area contributed by atoms with Gasteiger partial charge in [-0.1, -0.05) is 34.7 Å². The van der Waals surface area contributed by atoms with Crippen LogP contribution in [0.4, 0.5) is 0 Å². The van der Waals surface area contributed by atoms with Crippen molar-refractivity contribution in [2.24, 2.45) is 0 Å². The highest BCUT2D eigenvalue weighted by atomic mass is 79.9. The van der Waals surface area contributed by atoms with Gasteiger partial charge in [-0.25, -0.2) is 0 Å². The topological polar surface area (TPSA) is 0 Å². The van der Waals surface area contributed by atoms with Crippen molar-refractivity contribution < 1.29 is 0 Å². The zero-order chi connectivity index (χ0) is 6.57. The Kier molecular flexibility index (Phi) is 3.88.